The van der Waals surface area contributed by atoms with Crippen LogP contribution in [0.3, 0.4) is 0 Å². The number of anilines is 3. The van der Waals surface area contributed by atoms with E-state index in [2.05, 4.69) is 0 Å². The number of benzene rings is 2. The zero-order chi connectivity index (χ0) is 18.3. The molecule has 7 heteroatoms. The summed E-state index contributed by atoms with van der Waals surface area (Å²) in [6.07, 6.45) is 1.96. The highest BCUT2D eigenvalue weighted by molar-refractivity contribution is 6.34. The molecule has 0 spiro atoms. The summed E-state index contributed by atoms with van der Waals surface area (Å²) in [5.41, 5.74) is 9.37. The first-order chi connectivity index (χ1) is 12.6. The predicted octanol–water partition coefficient (Wildman–Crippen LogP) is 3.68. The summed E-state index contributed by atoms with van der Waals surface area (Å²) in [5, 5.41) is 0.519. The minimum atomic E-state index is -0.369. The van der Waals surface area contributed by atoms with Gasteiger partial charge < -0.3 is 15.5 Å². The summed E-state index contributed by atoms with van der Waals surface area (Å²) in [7, 11) is 0. The molecule has 5 nitrogen and oxygen atoms in total. The number of carbonyl (C=O) groups excluding carboxylic acids is 2. The Bertz CT molecular complexity index is 887. The second kappa shape index (κ2) is 7.79. The summed E-state index contributed by atoms with van der Waals surface area (Å²) in [5.74, 6) is -0.452. The average Bonchev–Trinajstić information content (AvgIpc) is 3.03. The van der Waals surface area contributed by atoms with Crippen LogP contribution in [0, 0.1) is 5.92 Å². The van der Waals surface area contributed by atoms with Crippen molar-refractivity contribution in [1.29, 1.82) is 0 Å². The molecule has 0 aromatic heterocycles. The van der Waals surface area contributed by atoms with E-state index in [4.69, 9.17) is 17.3 Å². The number of nitrogens with zero attached hydrogens (tertiary/aromatic N) is 2. The van der Waals surface area contributed by atoms with Crippen molar-refractivity contribution in [2.24, 2.45) is 5.92 Å². The molecule has 4 rings (SSSR count). The fourth-order valence-electron chi connectivity index (χ4n) is 3.88. The lowest BCUT2D eigenvalue weighted by atomic mass is 9.97. The Balaban J connectivity index is 0.00000210. The Labute approximate surface area is 169 Å². The first-order valence-corrected chi connectivity index (χ1v) is 9.17. The lowest BCUT2D eigenvalue weighted by Crippen LogP contribution is -2.40. The number of rotatable bonds is 2. The van der Waals surface area contributed by atoms with Crippen molar-refractivity contribution in [2.75, 3.05) is 28.6 Å². The van der Waals surface area contributed by atoms with Gasteiger partial charge in [0.1, 0.15) is 0 Å². The molecule has 0 aliphatic carbocycles. The molecular weight excluding hydrogens is 385 g/mol. The van der Waals surface area contributed by atoms with E-state index in [1.54, 1.807) is 15.9 Å². The maximum Gasteiger partial charge on any atom is 0.232 e. The fraction of sp³-hybridized carbons (Fsp3) is 0.300. The molecule has 2 aliphatic rings. The number of hydrogen-bond acceptors (Lipinski definition) is 3. The first-order valence-electron chi connectivity index (χ1n) is 8.80. The monoisotopic (exact) mass is 405 g/mol. The molecule has 2 aromatic rings. The zero-order valence-corrected chi connectivity index (χ0v) is 16.3. The Hall–Kier alpha value is -2.24. The molecule has 27 heavy (non-hydrogen) atoms. The van der Waals surface area contributed by atoms with Gasteiger partial charge in [-0.25, -0.2) is 0 Å². The van der Waals surface area contributed by atoms with E-state index >= 15 is 0 Å². The largest absolute Gasteiger partial charge is 0.398 e. The number of halogens is 2. The number of para-hydroxylation sites is 1. The van der Waals surface area contributed by atoms with Crippen LogP contribution in [0.25, 0.3) is 0 Å². The van der Waals surface area contributed by atoms with Gasteiger partial charge in [-0.1, -0.05) is 29.8 Å². The Morgan fingerprint density at radius 2 is 1.85 bits per heavy atom. The Kier molecular flexibility index (Phi) is 5.63. The average molecular weight is 406 g/mol. The molecule has 2 heterocycles. The molecule has 2 N–H and O–H groups in total. The molecule has 1 saturated heterocycles. The molecular formula is C20H21Cl2N3O2. The van der Waals surface area contributed by atoms with E-state index in [-0.39, 0.29) is 36.6 Å². The van der Waals surface area contributed by atoms with Crippen LogP contribution in [-0.4, -0.2) is 24.9 Å². The van der Waals surface area contributed by atoms with Crippen LogP contribution in [0.4, 0.5) is 17.1 Å². The summed E-state index contributed by atoms with van der Waals surface area (Å²) >= 11 is 6.23. The van der Waals surface area contributed by atoms with E-state index in [9.17, 15) is 9.59 Å². The van der Waals surface area contributed by atoms with Crippen LogP contribution in [0.5, 0.6) is 0 Å². The number of amides is 2. The van der Waals surface area contributed by atoms with Crippen molar-refractivity contribution < 1.29 is 9.59 Å². The normalized spacial score (nSPS) is 18.9. The van der Waals surface area contributed by atoms with Crippen LogP contribution < -0.4 is 15.5 Å². The smallest absolute Gasteiger partial charge is 0.232 e. The number of fused-ring (bicyclic) bond motifs is 1. The highest BCUT2D eigenvalue weighted by Crippen LogP contribution is 2.35. The van der Waals surface area contributed by atoms with Gasteiger partial charge in [-0.05, 0) is 42.7 Å². The standard InChI is InChI=1S/C20H20ClN3O2.ClH/c21-15-6-1-2-8-18(15)24-12-13(11-19(24)25)20(26)23-10-4-5-14-16(22)7-3-9-17(14)23;/h1-3,6-9,13H,4-5,10-12,22H2;1H. The van der Waals surface area contributed by atoms with Crippen molar-refractivity contribution >= 4 is 52.9 Å². The molecule has 1 atom stereocenters. The molecule has 2 amide bonds. The van der Waals surface area contributed by atoms with E-state index in [1.807, 2.05) is 36.4 Å². The molecule has 0 bridgehead atoms. The highest BCUT2D eigenvalue weighted by Gasteiger charge is 2.39. The number of carbonyl (C=O) groups is 2. The molecule has 2 aliphatic heterocycles. The molecule has 2 aromatic carbocycles. The second-order valence-corrected chi connectivity index (χ2v) is 7.20. The van der Waals surface area contributed by atoms with Gasteiger partial charge in [0.05, 0.1) is 16.6 Å². The molecule has 0 saturated carbocycles. The topological polar surface area (TPSA) is 66.6 Å². The Morgan fingerprint density at radius 3 is 2.63 bits per heavy atom. The number of hydrogen-bond donors (Lipinski definition) is 1. The lowest BCUT2D eigenvalue weighted by Gasteiger charge is -2.32. The summed E-state index contributed by atoms with van der Waals surface area (Å²) < 4.78 is 0. The quantitative estimate of drug-likeness (QED) is 0.774. The van der Waals surface area contributed by atoms with Crippen LogP contribution in [0.2, 0.25) is 5.02 Å². The van der Waals surface area contributed by atoms with Gasteiger partial charge in [-0.3, -0.25) is 9.59 Å². The van der Waals surface area contributed by atoms with E-state index in [1.165, 1.54) is 0 Å². The van der Waals surface area contributed by atoms with Crippen LogP contribution >= 0.6 is 24.0 Å². The van der Waals surface area contributed by atoms with E-state index in [0.717, 1.165) is 29.8 Å². The van der Waals surface area contributed by atoms with Gasteiger partial charge in [-0.2, -0.15) is 0 Å². The summed E-state index contributed by atoms with van der Waals surface area (Å²) in [6.45, 7) is 1.02. The predicted molar refractivity (Wildman–Crippen MR) is 111 cm³/mol. The first kappa shape index (κ1) is 19.5. The summed E-state index contributed by atoms with van der Waals surface area (Å²) in [6, 6.07) is 12.9. The Morgan fingerprint density at radius 1 is 1.11 bits per heavy atom. The molecule has 1 unspecified atom stereocenters. The maximum atomic E-state index is 13.2. The third-order valence-electron chi connectivity index (χ3n) is 5.17. The van der Waals surface area contributed by atoms with E-state index < -0.39 is 0 Å². The molecule has 142 valence electrons. The van der Waals surface area contributed by atoms with Crippen molar-refractivity contribution in [1.82, 2.24) is 0 Å². The lowest BCUT2D eigenvalue weighted by molar-refractivity contribution is -0.124. The highest BCUT2D eigenvalue weighted by atomic mass is 35.5. The van der Waals surface area contributed by atoms with Crippen molar-refractivity contribution in [3.63, 3.8) is 0 Å². The van der Waals surface area contributed by atoms with Crippen molar-refractivity contribution in [2.45, 2.75) is 19.3 Å². The zero-order valence-electron chi connectivity index (χ0n) is 14.7. The van der Waals surface area contributed by atoms with Gasteiger partial charge in [0.25, 0.3) is 0 Å². The van der Waals surface area contributed by atoms with Gasteiger partial charge in [0, 0.05) is 30.9 Å². The van der Waals surface area contributed by atoms with Gasteiger partial charge >= 0.3 is 0 Å². The third-order valence-corrected chi connectivity index (χ3v) is 5.49. The minimum absolute atomic E-state index is 0. The van der Waals surface area contributed by atoms with Gasteiger partial charge in [-0.15, -0.1) is 12.4 Å². The van der Waals surface area contributed by atoms with Gasteiger partial charge in [0.15, 0.2) is 0 Å². The SMILES string of the molecule is Cl.Nc1cccc2c1CCCN2C(=O)C1CC(=O)N(c2ccccc2Cl)C1. The van der Waals surface area contributed by atoms with Crippen molar-refractivity contribution in [3.05, 3.63) is 53.1 Å². The third kappa shape index (κ3) is 3.49. The minimum Gasteiger partial charge on any atom is -0.398 e. The number of nitrogen functional groups attached to an aromatic ring is 1. The van der Waals surface area contributed by atoms with Gasteiger partial charge in [0.2, 0.25) is 11.8 Å². The van der Waals surface area contributed by atoms with Crippen LogP contribution in [-0.2, 0) is 16.0 Å². The van der Waals surface area contributed by atoms with E-state index in [0.29, 0.717) is 23.8 Å². The van der Waals surface area contributed by atoms with Crippen LogP contribution in [0.15, 0.2) is 42.5 Å². The maximum absolute atomic E-state index is 13.2. The molecule has 0 radical (unpaired) electrons. The fourth-order valence-corrected chi connectivity index (χ4v) is 4.12. The van der Waals surface area contributed by atoms with Crippen LogP contribution in [0.1, 0.15) is 18.4 Å². The molecule has 1 fully saturated rings. The second-order valence-electron chi connectivity index (χ2n) is 6.80. The van der Waals surface area contributed by atoms with Crippen molar-refractivity contribution in [3.8, 4) is 0 Å². The number of nitrogens with two attached hydrogens (primary N) is 1. The summed E-state index contributed by atoms with van der Waals surface area (Å²) in [4.78, 5) is 29.1.